The molecule has 3 rings (SSSR count). The van der Waals surface area contributed by atoms with E-state index in [0.29, 0.717) is 0 Å². The van der Waals surface area contributed by atoms with Crippen LogP contribution in [0.2, 0.25) is 0 Å². The number of rotatable bonds is 2. The van der Waals surface area contributed by atoms with Crippen molar-refractivity contribution in [3.05, 3.63) is 35.9 Å². The Morgan fingerprint density at radius 2 is 1.94 bits per heavy atom. The molecule has 1 aromatic rings. The normalized spacial score (nSPS) is 31.2. The number of piperidine rings is 1. The fraction of sp³-hybridized carbons (Fsp3) is 0.500. The Bertz CT molecular complexity index is 344. The van der Waals surface area contributed by atoms with Gasteiger partial charge in [-0.25, -0.2) is 0 Å². The highest BCUT2D eigenvalue weighted by Gasteiger charge is 2.56. The summed E-state index contributed by atoms with van der Waals surface area (Å²) in [5.74, 6) is 0.784. The van der Waals surface area contributed by atoms with Gasteiger partial charge in [-0.3, -0.25) is 4.90 Å². The van der Waals surface area contributed by atoms with Crippen LogP contribution in [-0.4, -0.2) is 23.5 Å². The van der Waals surface area contributed by atoms with Crippen molar-refractivity contribution in [2.45, 2.75) is 18.5 Å². The predicted molar refractivity (Wildman–Crippen MR) is 71.2 cm³/mol. The van der Waals surface area contributed by atoms with Crippen LogP contribution in [0.4, 0.5) is 0 Å². The summed E-state index contributed by atoms with van der Waals surface area (Å²) in [6, 6.07) is 10.6. The molecule has 2 unspecified atom stereocenters. The molecule has 0 aromatic heterocycles. The van der Waals surface area contributed by atoms with Gasteiger partial charge in [0.25, 0.3) is 0 Å². The molecular formula is C12H18Cl2N2. The van der Waals surface area contributed by atoms with Gasteiger partial charge in [-0.05, 0) is 17.9 Å². The van der Waals surface area contributed by atoms with E-state index in [9.17, 15) is 0 Å². The maximum Gasteiger partial charge on any atom is 0.0328 e. The fourth-order valence-corrected chi connectivity index (χ4v) is 2.59. The second-order valence-corrected chi connectivity index (χ2v) is 4.79. The summed E-state index contributed by atoms with van der Waals surface area (Å²) in [7, 11) is 0. The van der Waals surface area contributed by atoms with Gasteiger partial charge >= 0.3 is 0 Å². The lowest BCUT2D eigenvalue weighted by atomic mass is 10.2. The molecule has 1 aromatic carbocycles. The minimum absolute atomic E-state index is 0. The van der Waals surface area contributed by atoms with Gasteiger partial charge in [-0.2, -0.15) is 0 Å². The topological polar surface area (TPSA) is 29.3 Å². The van der Waals surface area contributed by atoms with Crippen LogP contribution >= 0.6 is 24.8 Å². The van der Waals surface area contributed by atoms with Gasteiger partial charge < -0.3 is 5.73 Å². The number of benzene rings is 1. The van der Waals surface area contributed by atoms with Gasteiger partial charge in [-0.15, -0.1) is 24.8 Å². The zero-order valence-electron chi connectivity index (χ0n) is 9.13. The van der Waals surface area contributed by atoms with Crippen LogP contribution in [0.15, 0.2) is 30.3 Å². The van der Waals surface area contributed by atoms with Crippen LogP contribution in [-0.2, 0) is 6.54 Å². The van der Waals surface area contributed by atoms with E-state index in [-0.39, 0.29) is 30.4 Å². The first-order valence-electron chi connectivity index (χ1n) is 5.31. The molecule has 2 nitrogen and oxygen atoms in total. The van der Waals surface area contributed by atoms with Crippen LogP contribution in [0.25, 0.3) is 0 Å². The van der Waals surface area contributed by atoms with Crippen LogP contribution in [0.5, 0.6) is 0 Å². The van der Waals surface area contributed by atoms with E-state index in [1.165, 1.54) is 18.5 Å². The number of hydrogen-bond acceptors (Lipinski definition) is 2. The van der Waals surface area contributed by atoms with Crippen molar-refractivity contribution in [2.75, 3.05) is 13.1 Å². The van der Waals surface area contributed by atoms with Crippen LogP contribution < -0.4 is 5.73 Å². The van der Waals surface area contributed by atoms with E-state index in [1.54, 1.807) is 0 Å². The van der Waals surface area contributed by atoms with E-state index in [4.69, 9.17) is 5.73 Å². The number of fused-ring (bicyclic) bond motifs is 1. The van der Waals surface area contributed by atoms with E-state index in [2.05, 4.69) is 35.2 Å². The lowest BCUT2D eigenvalue weighted by Crippen LogP contribution is -2.32. The number of nitrogens with two attached hydrogens (primary N) is 1. The zero-order chi connectivity index (χ0) is 9.60. The highest BCUT2D eigenvalue weighted by atomic mass is 35.5. The van der Waals surface area contributed by atoms with Gasteiger partial charge in [0, 0.05) is 25.2 Å². The molecule has 1 heterocycles. The van der Waals surface area contributed by atoms with Crippen molar-refractivity contribution < 1.29 is 0 Å². The second kappa shape index (κ2) is 4.92. The number of halogens is 2. The number of nitrogens with zero attached hydrogens (tertiary/aromatic N) is 1. The van der Waals surface area contributed by atoms with Crippen LogP contribution in [0, 0.1) is 5.92 Å². The van der Waals surface area contributed by atoms with Crippen LogP contribution in [0.1, 0.15) is 12.0 Å². The van der Waals surface area contributed by atoms with Crippen molar-refractivity contribution in [1.29, 1.82) is 0 Å². The SMILES string of the molecule is Cl.Cl.NC12CC1CN(Cc1ccccc1)C2. The molecule has 1 saturated carbocycles. The molecule has 1 aliphatic carbocycles. The predicted octanol–water partition coefficient (Wildman–Crippen LogP) is 2.06. The number of hydrogen-bond donors (Lipinski definition) is 1. The maximum atomic E-state index is 6.15. The Hall–Kier alpha value is -0.280. The van der Waals surface area contributed by atoms with Gasteiger partial charge in [0.2, 0.25) is 0 Å². The highest BCUT2D eigenvalue weighted by Crippen LogP contribution is 2.47. The average Bonchev–Trinajstić information content (AvgIpc) is 2.67. The summed E-state index contributed by atoms with van der Waals surface area (Å²) in [6.45, 7) is 3.36. The molecule has 2 N–H and O–H groups in total. The average molecular weight is 261 g/mol. The third kappa shape index (κ3) is 2.51. The first-order valence-corrected chi connectivity index (χ1v) is 5.31. The Morgan fingerprint density at radius 3 is 2.50 bits per heavy atom. The molecule has 2 fully saturated rings. The van der Waals surface area contributed by atoms with Crippen molar-refractivity contribution in [2.24, 2.45) is 11.7 Å². The van der Waals surface area contributed by atoms with Crippen LogP contribution in [0.3, 0.4) is 0 Å². The minimum atomic E-state index is 0. The van der Waals surface area contributed by atoms with Crippen molar-refractivity contribution in [3.63, 3.8) is 0 Å². The van der Waals surface area contributed by atoms with Gasteiger partial charge in [0.1, 0.15) is 0 Å². The van der Waals surface area contributed by atoms with Crippen molar-refractivity contribution in [1.82, 2.24) is 4.90 Å². The smallest absolute Gasteiger partial charge is 0.0328 e. The fourth-order valence-electron chi connectivity index (χ4n) is 2.59. The molecular weight excluding hydrogens is 243 g/mol. The molecule has 0 radical (unpaired) electrons. The molecule has 0 amide bonds. The summed E-state index contributed by atoms with van der Waals surface area (Å²) in [6.07, 6.45) is 1.25. The summed E-state index contributed by atoms with van der Waals surface area (Å²) in [4.78, 5) is 2.48. The lowest BCUT2D eigenvalue weighted by Gasteiger charge is -2.18. The first-order chi connectivity index (χ1) is 6.76. The van der Waals surface area contributed by atoms with Crippen molar-refractivity contribution >= 4 is 24.8 Å². The largest absolute Gasteiger partial charge is 0.324 e. The summed E-state index contributed by atoms with van der Waals surface area (Å²) in [5, 5.41) is 0. The van der Waals surface area contributed by atoms with Gasteiger partial charge in [0.05, 0.1) is 0 Å². The first kappa shape index (κ1) is 13.8. The molecule has 0 bridgehead atoms. The Morgan fingerprint density at radius 1 is 1.25 bits per heavy atom. The third-order valence-electron chi connectivity index (χ3n) is 3.52. The third-order valence-corrected chi connectivity index (χ3v) is 3.52. The van der Waals surface area contributed by atoms with Gasteiger partial charge in [-0.1, -0.05) is 30.3 Å². The molecule has 2 aliphatic rings. The van der Waals surface area contributed by atoms with E-state index >= 15 is 0 Å². The zero-order valence-corrected chi connectivity index (χ0v) is 10.8. The monoisotopic (exact) mass is 260 g/mol. The molecule has 1 aliphatic heterocycles. The van der Waals surface area contributed by atoms with E-state index in [0.717, 1.165) is 19.0 Å². The lowest BCUT2D eigenvalue weighted by molar-refractivity contribution is 0.291. The molecule has 16 heavy (non-hydrogen) atoms. The second-order valence-electron chi connectivity index (χ2n) is 4.79. The van der Waals surface area contributed by atoms with Gasteiger partial charge in [0.15, 0.2) is 0 Å². The Kier molecular flexibility index (Phi) is 4.24. The van der Waals surface area contributed by atoms with E-state index in [1.807, 2.05) is 0 Å². The summed E-state index contributed by atoms with van der Waals surface area (Å²) < 4.78 is 0. The molecule has 1 saturated heterocycles. The summed E-state index contributed by atoms with van der Waals surface area (Å²) >= 11 is 0. The Labute approximate surface area is 109 Å². The summed E-state index contributed by atoms with van der Waals surface area (Å²) in [5.41, 5.74) is 7.74. The Balaban J connectivity index is 0.000000640. The maximum absolute atomic E-state index is 6.15. The van der Waals surface area contributed by atoms with E-state index < -0.39 is 0 Å². The molecule has 90 valence electrons. The molecule has 2 atom stereocenters. The standard InChI is InChI=1S/C12H16N2.2ClH/c13-12-6-11(12)8-14(9-12)7-10-4-2-1-3-5-10;;/h1-5,11H,6-9,13H2;2*1H. The molecule has 0 spiro atoms. The minimum Gasteiger partial charge on any atom is -0.324 e. The number of likely N-dealkylation sites (tertiary alicyclic amines) is 1. The van der Waals surface area contributed by atoms with Crippen molar-refractivity contribution in [3.8, 4) is 0 Å². The molecule has 4 heteroatoms. The quantitative estimate of drug-likeness (QED) is 0.883. The highest BCUT2D eigenvalue weighted by molar-refractivity contribution is 5.85.